The molecule has 0 aliphatic heterocycles. The van der Waals surface area contributed by atoms with E-state index in [0.29, 0.717) is 0 Å². The normalized spacial score (nSPS) is 11.8. The molecule has 12 aromatic rings. The van der Waals surface area contributed by atoms with E-state index in [-0.39, 0.29) is 0 Å². The Morgan fingerprint density at radius 3 is 1.88 bits per heavy atom. The molecule has 0 bridgehead atoms. The molecule has 3 aromatic heterocycles. The zero-order chi connectivity index (χ0) is 38.2. The van der Waals surface area contributed by atoms with Crippen molar-refractivity contribution in [1.82, 2.24) is 4.57 Å². The van der Waals surface area contributed by atoms with Crippen LogP contribution in [0, 0.1) is 0 Å². The number of thiophene rings is 1. The van der Waals surface area contributed by atoms with Gasteiger partial charge in [0, 0.05) is 58.7 Å². The van der Waals surface area contributed by atoms with Crippen molar-refractivity contribution in [1.29, 1.82) is 0 Å². The standard InChI is InChI=1S/C54H34N2OS/c1-2-16-37(17-3-1)55(38-18-14-15-35(33-38)36-29-32-52-45(34-36)42-22-8-13-28-51(42)58-52)49-31-30-43-41-21-7-12-27-50(41)57-54(43)53(49)44-23-6-11-26-48(44)56-46-24-9-4-19-39(46)40-20-5-10-25-47(40)56/h1-34H. The van der Waals surface area contributed by atoms with Crippen LogP contribution in [-0.4, -0.2) is 4.57 Å². The van der Waals surface area contributed by atoms with Gasteiger partial charge in [0.25, 0.3) is 0 Å². The van der Waals surface area contributed by atoms with Crippen molar-refractivity contribution >= 4 is 92.3 Å². The Hall–Kier alpha value is -7.40. The monoisotopic (exact) mass is 758 g/mol. The molecule has 0 amide bonds. The third-order valence-corrected chi connectivity index (χ3v) is 12.7. The number of furan rings is 1. The van der Waals surface area contributed by atoms with Crippen LogP contribution in [0.2, 0.25) is 0 Å². The van der Waals surface area contributed by atoms with Crippen molar-refractivity contribution in [2.45, 2.75) is 0 Å². The lowest BCUT2D eigenvalue weighted by Crippen LogP contribution is -2.12. The van der Waals surface area contributed by atoms with E-state index in [2.05, 4.69) is 216 Å². The second-order valence-corrected chi connectivity index (χ2v) is 15.9. The minimum absolute atomic E-state index is 0.860. The Morgan fingerprint density at radius 1 is 0.414 bits per heavy atom. The van der Waals surface area contributed by atoms with Gasteiger partial charge in [-0.1, -0.05) is 127 Å². The molecule has 0 unspecified atom stereocenters. The molecule has 0 spiro atoms. The highest BCUT2D eigenvalue weighted by Crippen LogP contribution is 2.49. The van der Waals surface area contributed by atoms with Crippen LogP contribution in [0.25, 0.3) is 91.9 Å². The van der Waals surface area contributed by atoms with Crippen LogP contribution in [0.1, 0.15) is 0 Å². The maximum Gasteiger partial charge on any atom is 0.145 e. The lowest BCUT2D eigenvalue weighted by Gasteiger charge is -2.29. The summed E-state index contributed by atoms with van der Waals surface area (Å²) in [4.78, 5) is 2.40. The molecular weight excluding hydrogens is 725 g/mol. The fraction of sp³-hybridized carbons (Fsp3) is 0. The summed E-state index contributed by atoms with van der Waals surface area (Å²) in [6.07, 6.45) is 0. The van der Waals surface area contributed by atoms with Crippen LogP contribution >= 0.6 is 11.3 Å². The highest BCUT2D eigenvalue weighted by molar-refractivity contribution is 7.25. The molecule has 0 radical (unpaired) electrons. The lowest BCUT2D eigenvalue weighted by molar-refractivity contribution is 0.670. The second kappa shape index (κ2) is 13.1. The molecule has 0 N–H and O–H groups in total. The lowest BCUT2D eigenvalue weighted by atomic mass is 9.96. The van der Waals surface area contributed by atoms with Gasteiger partial charge in [0.1, 0.15) is 11.2 Å². The van der Waals surface area contributed by atoms with Crippen molar-refractivity contribution in [3.05, 3.63) is 206 Å². The van der Waals surface area contributed by atoms with Crippen LogP contribution in [0.5, 0.6) is 0 Å². The van der Waals surface area contributed by atoms with Gasteiger partial charge in [-0.05, 0) is 90.0 Å². The number of hydrogen-bond acceptors (Lipinski definition) is 3. The van der Waals surface area contributed by atoms with Gasteiger partial charge < -0.3 is 13.9 Å². The molecule has 0 aliphatic rings. The molecule has 0 fully saturated rings. The van der Waals surface area contributed by atoms with Crippen molar-refractivity contribution in [2.75, 3.05) is 4.90 Å². The molecule has 0 saturated heterocycles. The summed E-state index contributed by atoms with van der Waals surface area (Å²) in [5, 5.41) is 7.24. The van der Waals surface area contributed by atoms with Crippen LogP contribution in [-0.2, 0) is 0 Å². The highest BCUT2D eigenvalue weighted by atomic mass is 32.1. The number of aromatic nitrogens is 1. The largest absolute Gasteiger partial charge is 0.455 e. The SMILES string of the molecule is c1ccc(N(c2cccc(-c3ccc4sc5ccccc5c4c3)c2)c2ccc3c(oc4ccccc43)c2-c2ccccc2-n2c3ccccc3c3ccccc32)cc1. The minimum atomic E-state index is 0.860. The summed E-state index contributed by atoms with van der Waals surface area (Å²) < 4.78 is 12.0. The quantitative estimate of drug-likeness (QED) is 0.168. The number of para-hydroxylation sites is 5. The molecular formula is C54H34N2OS. The number of hydrogen-bond donors (Lipinski definition) is 0. The number of nitrogens with zero attached hydrogens (tertiary/aromatic N) is 2. The first-order valence-electron chi connectivity index (χ1n) is 19.7. The average Bonchev–Trinajstić information content (AvgIpc) is 3.96. The third kappa shape index (κ3) is 5.05. The summed E-state index contributed by atoms with van der Waals surface area (Å²) in [6.45, 7) is 0. The van der Waals surface area contributed by atoms with Crippen molar-refractivity contribution in [2.24, 2.45) is 0 Å². The first-order valence-corrected chi connectivity index (χ1v) is 20.5. The summed E-state index contributed by atoms with van der Waals surface area (Å²) in [5.74, 6) is 0. The first kappa shape index (κ1) is 32.8. The molecule has 58 heavy (non-hydrogen) atoms. The smallest absolute Gasteiger partial charge is 0.145 e. The minimum Gasteiger partial charge on any atom is -0.455 e. The topological polar surface area (TPSA) is 21.3 Å². The number of anilines is 3. The van der Waals surface area contributed by atoms with Crippen LogP contribution in [0.4, 0.5) is 17.1 Å². The Balaban J connectivity index is 1.14. The van der Waals surface area contributed by atoms with E-state index < -0.39 is 0 Å². The summed E-state index contributed by atoms with van der Waals surface area (Å²) in [6, 6.07) is 74.4. The van der Waals surface area contributed by atoms with Gasteiger partial charge in [-0.3, -0.25) is 0 Å². The van der Waals surface area contributed by atoms with Gasteiger partial charge in [-0.25, -0.2) is 0 Å². The first-order chi connectivity index (χ1) is 28.8. The predicted octanol–water partition coefficient (Wildman–Crippen LogP) is 15.9. The molecule has 0 atom stereocenters. The average molecular weight is 759 g/mol. The predicted molar refractivity (Wildman–Crippen MR) is 247 cm³/mol. The van der Waals surface area contributed by atoms with Gasteiger partial charge >= 0.3 is 0 Å². The molecule has 12 rings (SSSR count). The van der Waals surface area contributed by atoms with Gasteiger partial charge in [0.2, 0.25) is 0 Å². The van der Waals surface area contributed by atoms with Gasteiger partial charge in [0.15, 0.2) is 0 Å². The maximum absolute atomic E-state index is 6.97. The van der Waals surface area contributed by atoms with E-state index in [4.69, 9.17) is 4.42 Å². The van der Waals surface area contributed by atoms with Gasteiger partial charge in [-0.2, -0.15) is 0 Å². The van der Waals surface area contributed by atoms with E-state index in [1.54, 1.807) is 0 Å². The summed E-state index contributed by atoms with van der Waals surface area (Å²) in [7, 11) is 0. The van der Waals surface area contributed by atoms with Crippen LogP contribution in [0.3, 0.4) is 0 Å². The van der Waals surface area contributed by atoms with Crippen molar-refractivity contribution in [3.8, 4) is 27.9 Å². The zero-order valence-corrected chi connectivity index (χ0v) is 32.2. The maximum atomic E-state index is 6.97. The van der Waals surface area contributed by atoms with E-state index in [9.17, 15) is 0 Å². The summed E-state index contributed by atoms with van der Waals surface area (Å²) in [5.41, 5.74) is 12.8. The molecule has 0 aliphatic carbocycles. The molecule has 9 aromatic carbocycles. The highest BCUT2D eigenvalue weighted by Gasteiger charge is 2.26. The Morgan fingerprint density at radius 2 is 1.05 bits per heavy atom. The zero-order valence-electron chi connectivity index (χ0n) is 31.3. The molecule has 3 nitrogen and oxygen atoms in total. The van der Waals surface area contributed by atoms with E-state index >= 15 is 0 Å². The van der Waals surface area contributed by atoms with Gasteiger partial charge in [0.05, 0.1) is 28.0 Å². The second-order valence-electron chi connectivity index (χ2n) is 14.9. The Bertz CT molecular complexity index is 3480. The van der Waals surface area contributed by atoms with Gasteiger partial charge in [-0.15, -0.1) is 11.3 Å². The third-order valence-electron chi connectivity index (χ3n) is 11.6. The Kier molecular flexibility index (Phi) is 7.40. The van der Waals surface area contributed by atoms with E-state index in [1.807, 2.05) is 11.3 Å². The fourth-order valence-corrected chi connectivity index (χ4v) is 10.1. The Labute approximate surface area is 338 Å². The molecule has 0 saturated carbocycles. The number of fused-ring (bicyclic) bond motifs is 9. The summed E-state index contributed by atoms with van der Waals surface area (Å²) >= 11 is 1.85. The molecule has 272 valence electrons. The van der Waals surface area contributed by atoms with Crippen LogP contribution in [0.15, 0.2) is 211 Å². The van der Waals surface area contributed by atoms with Crippen LogP contribution < -0.4 is 4.90 Å². The molecule has 3 heterocycles. The number of benzene rings is 9. The van der Waals surface area contributed by atoms with E-state index in [0.717, 1.165) is 72.4 Å². The van der Waals surface area contributed by atoms with Crippen molar-refractivity contribution < 1.29 is 4.42 Å². The van der Waals surface area contributed by atoms with E-state index in [1.165, 1.54) is 36.5 Å². The number of rotatable bonds is 6. The molecule has 4 heteroatoms. The fourth-order valence-electron chi connectivity index (χ4n) is 9.02. The van der Waals surface area contributed by atoms with Crippen molar-refractivity contribution in [3.63, 3.8) is 0 Å².